The largest absolute Gasteiger partial charge is 0.279 e. The number of rotatable bonds is 6. The van der Waals surface area contributed by atoms with Gasteiger partial charge in [-0.05, 0) is 86.8 Å². The lowest BCUT2D eigenvalue weighted by molar-refractivity contribution is 0.0985. The summed E-state index contributed by atoms with van der Waals surface area (Å²) in [7, 11) is -3.41. The van der Waals surface area contributed by atoms with E-state index in [1.165, 1.54) is 29.0 Å². The molecule has 0 bridgehead atoms. The Hall–Kier alpha value is -3.10. The van der Waals surface area contributed by atoms with Crippen LogP contribution >= 0.6 is 11.3 Å². The maximum absolute atomic E-state index is 13.6. The summed E-state index contributed by atoms with van der Waals surface area (Å²) in [6, 6.07) is 14.0. The Balaban J connectivity index is 1.74. The van der Waals surface area contributed by atoms with Crippen LogP contribution in [-0.2, 0) is 16.4 Å². The molecule has 2 heterocycles. The summed E-state index contributed by atoms with van der Waals surface area (Å²) in [5, 5.41) is 0.0542. The molecule has 8 heteroatoms. The van der Waals surface area contributed by atoms with Crippen LogP contribution in [0.25, 0.3) is 10.2 Å². The van der Waals surface area contributed by atoms with Gasteiger partial charge in [0.2, 0.25) is 0 Å². The third-order valence-corrected chi connectivity index (χ3v) is 8.79. The first-order valence-electron chi connectivity index (χ1n) is 10.6. The van der Waals surface area contributed by atoms with Crippen molar-refractivity contribution >= 4 is 42.4 Å². The van der Waals surface area contributed by atoms with E-state index in [1.54, 1.807) is 43.3 Å². The number of pyridine rings is 1. The van der Waals surface area contributed by atoms with Crippen LogP contribution < -0.4 is 4.90 Å². The molecule has 2 aromatic heterocycles. The van der Waals surface area contributed by atoms with Crippen molar-refractivity contribution in [2.24, 2.45) is 0 Å². The van der Waals surface area contributed by atoms with Crippen LogP contribution in [0.15, 0.2) is 65.8 Å². The predicted molar refractivity (Wildman–Crippen MR) is 133 cm³/mol. The standard InChI is InChI=1S/C25H25N3O3S2/c1-16(2)33(30,31)21-9-7-20(8-10-21)24(29)28(15-19-6-5-11-26-14-19)25-27-22-12-17(3)18(4)13-23(22)32-25/h5-14,16H,15H2,1-4H3. The lowest BCUT2D eigenvalue weighted by Crippen LogP contribution is -2.30. The van der Waals surface area contributed by atoms with Crippen molar-refractivity contribution in [2.45, 2.75) is 44.4 Å². The van der Waals surface area contributed by atoms with Crippen molar-refractivity contribution in [1.29, 1.82) is 0 Å². The fourth-order valence-corrected chi connectivity index (χ4v) is 5.50. The maximum atomic E-state index is 13.6. The number of anilines is 1. The Kier molecular flexibility index (Phi) is 6.32. The quantitative estimate of drug-likeness (QED) is 0.373. The van der Waals surface area contributed by atoms with Crippen LogP contribution in [0.3, 0.4) is 0 Å². The van der Waals surface area contributed by atoms with Crippen LogP contribution in [0.2, 0.25) is 0 Å². The van der Waals surface area contributed by atoms with Crippen LogP contribution in [0.1, 0.15) is 40.9 Å². The van der Waals surface area contributed by atoms with Gasteiger partial charge in [-0.3, -0.25) is 14.7 Å². The number of aryl methyl sites for hydroxylation is 2. The smallest absolute Gasteiger partial charge is 0.260 e. The van der Waals surface area contributed by atoms with E-state index in [0.717, 1.165) is 21.3 Å². The Morgan fingerprint density at radius 1 is 1.06 bits per heavy atom. The molecule has 170 valence electrons. The number of aromatic nitrogens is 2. The molecule has 6 nitrogen and oxygen atoms in total. The van der Waals surface area contributed by atoms with Gasteiger partial charge in [0.15, 0.2) is 15.0 Å². The van der Waals surface area contributed by atoms with E-state index >= 15 is 0 Å². The van der Waals surface area contributed by atoms with E-state index in [-0.39, 0.29) is 10.8 Å². The molecule has 0 saturated carbocycles. The Labute approximate surface area is 197 Å². The van der Waals surface area contributed by atoms with Crippen LogP contribution in [0.4, 0.5) is 5.13 Å². The number of fused-ring (bicyclic) bond motifs is 1. The fourth-order valence-electron chi connectivity index (χ4n) is 3.40. The number of hydrogen-bond donors (Lipinski definition) is 0. The average Bonchev–Trinajstić information content (AvgIpc) is 3.20. The van der Waals surface area contributed by atoms with Crippen LogP contribution in [-0.4, -0.2) is 29.5 Å². The minimum atomic E-state index is -3.41. The maximum Gasteiger partial charge on any atom is 0.260 e. The molecule has 0 aliphatic heterocycles. The molecule has 2 aromatic carbocycles. The van der Waals surface area contributed by atoms with Gasteiger partial charge in [-0.1, -0.05) is 17.4 Å². The zero-order chi connectivity index (χ0) is 23.8. The first kappa shape index (κ1) is 23.1. The molecule has 4 rings (SSSR count). The van der Waals surface area contributed by atoms with Gasteiger partial charge in [0.05, 0.1) is 26.9 Å². The van der Waals surface area contributed by atoms with Gasteiger partial charge >= 0.3 is 0 Å². The summed E-state index contributed by atoms with van der Waals surface area (Å²) in [5.41, 5.74) is 4.43. The molecule has 0 fully saturated rings. The van der Waals surface area contributed by atoms with Crippen molar-refractivity contribution < 1.29 is 13.2 Å². The van der Waals surface area contributed by atoms with Gasteiger partial charge in [0.25, 0.3) is 5.91 Å². The lowest BCUT2D eigenvalue weighted by atomic mass is 10.1. The normalized spacial score (nSPS) is 11.8. The monoisotopic (exact) mass is 479 g/mol. The zero-order valence-corrected chi connectivity index (χ0v) is 20.6. The second-order valence-corrected chi connectivity index (χ2v) is 11.8. The highest BCUT2D eigenvalue weighted by Crippen LogP contribution is 2.32. The van der Waals surface area contributed by atoms with E-state index < -0.39 is 15.1 Å². The molecule has 0 aliphatic rings. The van der Waals surface area contributed by atoms with E-state index in [9.17, 15) is 13.2 Å². The number of thiazole rings is 1. The van der Waals surface area contributed by atoms with Crippen LogP contribution in [0.5, 0.6) is 0 Å². The third kappa shape index (κ3) is 4.67. The lowest BCUT2D eigenvalue weighted by Gasteiger charge is -2.20. The summed E-state index contributed by atoms with van der Waals surface area (Å²) in [6.45, 7) is 7.68. The number of nitrogens with zero attached hydrogens (tertiary/aromatic N) is 3. The number of amides is 1. The minimum absolute atomic E-state index is 0.207. The van der Waals surface area contributed by atoms with Gasteiger partial charge < -0.3 is 0 Å². The average molecular weight is 480 g/mol. The summed E-state index contributed by atoms with van der Waals surface area (Å²) < 4.78 is 25.9. The number of carbonyl (C=O) groups is 1. The molecule has 4 aromatic rings. The van der Waals surface area contributed by atoms with Crippen molar-refractivity contribution in [2.75, 3.05) is 4.90 Å². The van der Waals surface area contributed by atoms with Gasteiger partial charge in [-0.15, -0.1) is 0 Å². The van der Waals surface area contributed by atoms with Gasteiger partial charge in [-0.2, -0.15) is 0 Å². The Morgan fingerprint density at radius 3 is 2.39 bits per heavy atom. The SMILES string of the molecule is Cc1cc2nc(N(Cc3cccnc3)C(=O)c3ccc(S(=O)(=O)C(C)C)cc3)sc2cc1C. The molecule has 1 amide bonds. The van der Waals surface area contributed by atoms with Gasteiger partial charge in [0.1, 0.15) is 0 Å². The molecule has 0 N–H and O–H groups in total. The summed E-state index contributed by atoms with van der Waals surface area (Å²) in [6.07, 6.45) is 3.41. The highest BCUT2D eigenvalue weighted by atomic mass is 32.2. The molecule has 0 unspecified atom stereocenters. The molecule has 0 spiro atoms. The number of benzene rings is 2. The van der Waals surface area contributed by atoms with E-state index in [1.807, 2.05) is 25.1 Å². The number of carbonyl (C=O) groups excluding carboxylic acids is 1. The minimum Gasteiger partial charge on any atom is -0.279 e. The Morgan fingerprint density at radius 2 is 1.76 bits per heavy atom. The van der Waals surface area contributed by atoms with Gasteiger partial charge in [-0.25, -0.2) is 13.4 Å². The molecule has 33 heavy (non-hydrogen) atoms. The first-order chi connectivity index (χ1) is 15.7. The highest BCUT2D eigenvalue weighted by Gasteiger charge is 2.24. The highest BCUT2D eigenvalue weighted by molar-refractivity contribution is 7.92. The van der Waals surface area contributed by atoms with E-state index in [4.69, 9.17) is 4.98 Å². The molecular weight excluding hydrogens is 454 g/mol. The number of sulfone groups is 1. The second kappa shape index (κ2) is 9.03. The molecule has 0 saturated heterocycles. The zero-order valence-electron chi connectivity index (χ0n) is 18.9. The van der Waals surface area contributed by atoms with Crippen LogP contribution in [0, 0.1) is 13.8 Å². The fraction of sp³-hybridized carbons (Fsp3) is 0.240. The third-order valence-electron chi connectivity index (χ3n) is 5.58. The summed E-state index contributed by atoms with van der Waals surface area (Å²) in [5.74, 6) is -0.250. The summed E-state index contributed by atoms with van der Waals surface area (Å²) >= 11 is 1.46. The van der Waals surface area contributed by atoms with Gasteiger partial charge in [0, 0.05) is 18.0 Å². The molecule has 0 aliphatic carbocycles. The van der Waals surface area contributed by atoms with Crippen molar-refractivity contribution in [3.63, 3.8) is 0 Å². The van der Waals surface area contributed by atoms with Crippen molar-refractivity contribution in [3.05, 3.63) is 83.2 Å². The molecule has 0 radical (unpaired) electrons. The predicted octanol–water partition coefficient (Wildman–Crippen LogP) is 5.34. The molecule has 0 atom stereocenters. The second-order valence-electron chi connectivity index (χ2n) is 8.27. The first-order valence-corrected chi connectivity index (χ1v) is 13.0. The van der Waals surface area contributed by atoms with E-state index in [2.05, 4.69) is 18.0 Å². The van der Waals surface area contributed by atoms with Crippen molar-refractivity contribution in [3.8, 4) is 0 Å². The van der Waals surface area contributed by atoms with Crippen molar-refractivity contribution in [1.82, 2.24) is 9.97 Å². The topological polar surface area (TPSA) is 80.2 Å². The summed E-state index contributed by atoms with van der Waals surface area (Å²) in [4.78, 5) is 24.3. The van der Waals surface area contributed by atoms with E-state index in [0.29, 0.717) is 17.2 Å². The number of hydrogen-bond acceptors (Lipinski definition) is 6. The Bertz CT molecular complexity index is 1370. The molecular formula is C25H25N3O3S2.